The lowest BCUT2D eigenvalue weighted by Crippen LogP contribution is -2.08. The summed E-state index contributed by atoms with van der Waals surface area (Å²) in [7, 11) is 0. The van der Waals surface area contributed by atoms with Crippen molar-refractivity contribution in [1.29, 1.82) is 0 Å². The molecule has 0 amide bonds. The summed E-state index contributed by atoms with van der Waals surface area (Å²) in [6.45, 7) is 5.71. The normalized spacial score (nSPS) is 18.3. The first-order chi connectivity index (χ1) is 13.3. The second-order valence-electron chi connectivity index (χ2n) is 6.99. The van der Waals surface area contributed by atoms with E-state index in [2.05, 4.69) is 23.8 Å². The molecule has 0 N–H and O–H groups in total. The molecule has 0 radical (unpaired) electrons. The van der Waals surface area contributed by atoms with E-state index in [-0.39, 0.29) is 6.10 Å². The summed E-state index contributed by atoms with van der Waals surface area (Å²) >= 11 is 0. The van der Waals surface area contributed by atoms with E-state index < -0.39 is 0 Å². The smallest absolute Gasteiger partial charge is 0.159 e. The van der Waals surface area contributed by atoms with Gasteiger partial charge in [-0.1, -0.05) is 39.5 Å². The zero-order chi connectivity index (χ0) is 18.9. The molecule has 5 nitrogen and oxygen atoms in total. The predicted molar refractivity (Wildman–Crippen MR) is 106 cm³/mol. The van der Waals surface area contributed by atoms with E-state index in [0.717, 1.165) is 37.2 Å². The number of benzene rings is 1. The minimum atomic E-state index is 0.221. The summed E-state index contributed by atoms with van der Waals surface area (Å²) in [4.78, 5) is 8.82. The standard InChI is InChI=1S/C22H30N2O3/c1-3-5-6-7-13-25-18-11-9-17(10-12-18)22-23-14-19(15-24-22)26-16-21-20(27-21)8-4-2/h9-12,14-15,20-21H,3-8,13,16H2,1-2H3/t20-,21-/m0/s1. The van der Waals surface area contributed by atoms with Crippen LogP contribution in [0.5, 0.6) is 11.5 Å². The largest absolute Gasteiger partial charge is 0.494 e. The molecule has 3 rings (SSSR count). The SMILES string of the molecule is CCCCCCOc1ccc(-c2ncc(OC[C@@H]3O[C@H]3CCC)cn2)cc1. The number of nitrogens with zero attached hydrogens (tertiary/aromatic N) is 2. The summed E-state index contributed by atoms with van der Waals surface area (Å²) in [6, 6.07) is 7.93. The highest BCUT2D eigenvalue weighted by Crippen LogP contribution is 2.27. The quantitative estimate of drug-likeness (QED) is 0.386. The molecule has 0 unspecified atom stereocenters. The summed E-state index contributed by atoms with van der Waals surface area (Å²) in [5.74, 6) is 2.25. The number of aromatic nitrogens is 2. The van der Waals surface area contributed by atoms with Crippen LogP contribution in [0.15, 0.2) is 36.7 Å². The molecule has 1 aliphatic heterocycles. The van der Waals surface area contributed by atoms with Gasteiger partial charge in [-0.15, -0.1) is 0 Å². The molecule has 2 atom stereocenters. The van der Waals surface area contributed by atoms with Crippen LogP contribution in [-0.2, 0) is 4.74 Å². The van der Waals surface area contributed by atoms with Gasteiger partial charge in [0.2, 0.25) is 0 Å². The van der Waals surface area contributed by atoms with Crippen LogP contribution in [0.4, 0.5) is 0 Å². The molecule has 0 aliphatic carbocycles. The van der Waals surface area contributed by atoms with Gasteiger partial charge < -0.3 is 14.2 Å². The van der Waals surface area contributed by atoms with Crippen molar-refractivity contribution in [1.82, 2.24) is 9.97 Å². The summed E-state index contributed by atoms with van der Waals surface area (Å²) in [5.41, 5.74) is 0.966. The van der Waals surface area contributed by atoms with Crippen LogP contribution in [0.25, 0.3) is 11.4 Å². The number of hydrogen-bond acceptors (Lipinski definition) is 5. The first kappa shape index (κ1) is 19.6. The number of hydrogen-bond donors (Lipinski definition) is 0. The Morgan fingerprint density at radius 1 is 0.852 bits per heavy atom. The van der Waals surface area contributed by atoms with E-state index in [1.807, 2.05) is 24.3 Å². The monoisotopic (exact) mass is 370 g/mol. The molecule has 0 spiro atoms. The maximum atomic E-state index is 5.78. The molecule has 0 bridgehead atoms. The molecule has 1 saturated heterocycles. The van der Waals surface area contributed by atoms with Gasteiger partial charge in [-0.3, -0.25) is 0 Å². The lowest BCUT2D eigenvalue weighted by Gasteiger charge is -2.07. The third-order valence-corrected chi connectivity index (χ3v) is 4.68. The van der Waals surface area contributed by atoms with Crippen LogP contribution < -0.4 is 9.47 Å². The Bertz CT molecular complexity index is 673. The van der Waals surface area contributed by atoms with Crippen LogP contribution in [0, 0.1) is 0 Å². The molecule has 2 heterocycles. The second kappa shape index (κ2) is 10.3. The van der Waals surface area contributed by atoms with E-state index >= 15 is 0 Å². The Balaban J connectivity index is 1.44. The van der Waals surface area contributed by atoms with Crippen molar-refractivity contribution in [2.24, 2.45) is 0 Å². The van der Waals surface area contributed by atoms with Gasteiger partial charge >= 0.3 is 0 Å². The van der Waals surface area contributed by atoms with Gasteiger partial charge in [-0.05, 0) is 37.1 Å². The third-order valence-electron chi connectivity index (χ3n) is 4.68. The van der Waals surface area contributed by atoms with Gasteiger partial charge in [0.05, 0.1) is 25.1 Å². The highest BCUT2D eigenvalue weighted by atomic mass is 16.6. The van der Waals surface area contributed by atoms with E-state index in [1.54, 1.807) is 12.4 Å². The van der Waals surface area contributed by atoms with Crippen molar-refractivity contribution in [2.45, 2.75) is 64.6 Å². The first-order valence-electron chi connectivity index (χ1n) is 10.1. The fourth-order valence-corrected chi connectivity index (χ4v) is 3.00. The predicted octanol–water partition coefficient (Wildman–Crippen LogP) is 5.05. The maximum absolute atomic E-state index is 5.78. The van der Waals surface area contributed by atoms with Crippen LogP contribution >= 0.6 is 0 Å². The maximum Gasteiger partial charge on any atom is 0.159 e. The van der Waals surface area contributed by atoms with Gasteiger partial charge in [-0.25, -0.2) is 9.97 Å². The van der Waals surface area contributed by atoms with E-state index in [9.17, 15) is 0 Å². The highest BCUT2D eigenvalue weighted by Gasteiger charge is 2.38. The lowest BCUT2D eigenvalue weighted by atomic mass is 10.2. The van der Waals surface area contributed by atoms with Crippen molar-refractivity contribution in [2.75, 3.05) is 13.2 Å². The molecular weight excluding hydrogens is 340 g/mol. The van der Waals surface area contributed by atoms with E-state index in [4.69, 9.17) is 14.2 Å². The number of rotatable bonds is 12. The summed E-state index contributed by atoms with van der Waals surface area (Å²) < 4.78 is 17.0. The average Bonchev–Trinajstić information content (AvgIpc) is 3.45. The Kier molecular flexibility index (Phi) is 7.45. The first-order valence-corrected chi connectivity index (χ1v) is 10.1. The second-order valence-corrected chi connectivity index (χ2v) is 6.99. The number of unbranched alkanes of at least 4 members (excludes halogenated alkanes) is 3. The van der Waals surface area contributed by atoms with Gasteiger partial charge in [0.25, 0.3) is 0 Å². The highest BCUT2D eigenvalue weighted by molar-refractivity contribution is 5.56. The van der Waals surface area contributed by atoms with Crippen molar-refractivity contribution in [3.63, 3.8) is 0 Å². The van der Waals surface area contributed by atoms with Crippen LogP contribution in [0.2, 0.25) is 0 Å². The van der Waals surface area contributed by atoms with E-state index in [1.165, 1.54) is 19.3 Å². The number of epoxide rings is 1. The molecule has 0 saturated carbocycles. The molecular formula is C22H30N2O3. The Hall–Kier alpha value is -2.14. The molecule has 1 fully saturated rings. The van der Waals surface area contributed by atoms with Crippen molar-refractivity contribution >= 4 is 0 Å². The third kappa shape index (κ3) is 6.21. The van der Waals surface area contributed by atoms with Gasteiger partial charge in [0.15, 0.2) is 11.6 Å². The van der Waals surface area contributed by atoms with Gasteiger partial charge in [-0.2, -0.15) is 0 Å². The molecule has 5 heteroatoms. The summed E-state index contributed by atoms with van der Waals surface area (Å²) in [6.07, 6.45) is 11.1. The molecule has 27 heavy (non-hydrogen) atoms. The Morgan fingerprint density at radius 2 is 1.63 bits per heavy atom. The fraction of sp³-hybridized carbons (Fsp3) is 0.545. The average molecular weight is 370 g/mol. The van der Waals surface area contributed by atoms with Crippen molar-refractivity contribution in [3.05, 3.63) is 36.7 Å². The van der Waals surface area contributed by atoms with Crippen molar-refractivity contribution < 1.29 is 14.2 Å². The topological polar surface area (TPSA) is 56.8 Å². The van der Waals surface area contributed by atoms with Gasteiger partial charge in [0.1, 0.15) is 18.5 Å². The fourth-order valence-electron chi connectivity index (χ4n) is 3.00. The van der Waals surface area contributed by atoms with Gasteiger partial charge in [0, 0.05) is 5.56 Å². The van der Waals surface area contributed by atoms with Crippen LogP contribution in [0.1, 0.15) is 52.4 Å². The van der Waals surface area contributed by atoms with Crippen molar-refractivity contribution in [3.8, 4) is 22.9 Å². The minimum Gasteiger partial charge on any atom is -0.494 e. The Morgan fingerprint density at radius 3 is 2.33 bits per heavy atom. The molecule has 1 aliphatic rings. The number of ether oxygens (including phenoxy) is 3. The molecule has 2 aromatic rings. The van der Waals surface area contributed by atoms with Crippen LogP contribution in [-0.4, -0.2) is 35.4 Å². The van der Waals surface area contributed by atoms with E-state index in [0.29, 0.717) is 24.3 Å². The molecule has 1 aromatic carbocycles. The zero-order valence-electron chi connectivity index (χ0n) is 16.4. The Labute approximate surface area is 162 Å². The zero-order valence-corrected chi connectivity index (χ0v) is 16.4. The molecule has 1 aromatic heterocycles. The van der Waals surface area contributed by atoms with Crippen LogP contribution in [0.3, 0.4) is 0 Å². The molecule has 146 valence electrons. The minimum absolute atomic E-state index is 0.221. The lowest BCUT2D eigenvalue weighted by molar-refractivity contribution is 0.258. The summed E-state index contributed by atoms with van der Waals surface area (Å²) in [5, 5.41) is 0.